The molecular weight excluding hydrogens is 578 g/mol. The highest BCUT2D eigenvalue weighted by Crippen LogP contribution is 2.36. The van der Waals surface area contributed by atoms with E-state index in [-0.39, 0.29) is 29.7 Å². The fourth-order valence-electron chi connectivity index (χ4n) is 6.56. The topological polar surface area (TPSA) is 97.0 Å². The van der Waals surface area contributed by atoms with Crippen molar-refractivity contribution in [2.75, 3.05) is 26.3 Å². The average Bonchev–Trinajstić information content (AvgIpc) is 3.01. The first-order chi connectivity index (χ1) is 21.1. The Hall–Kier alpha value is -3.36. The van der Waals surface area contributed by atoms with Crippen molar-refractivity contribution in [3.05, 3.63) is 76.8 Å². The summed E-state index contributed by atoms with van der Waals surface area (Å²) in [6, 6.07) is 14.3. The molecule has 1 spiro atoms. The molecule has 9 heteroatoms. The Morgan fingerprint density at radius 3 is 2.57 bits per heavy atom. The number of aryl methyl sites for hydroxylation is 1. The van der Waals surface area contributed by atoms with Gasteiger partial charge in [0, 0.05) is 49.7 Å². The van der Waals surface area contributed by atoms with Crippen LogP contribution in [-0.2, 0) is 25.5 Å². The number of carbonyl (C=O) groups excluding carboxylic acids is 3. The van der Waals surface area contributed by atoms with Crippen LogP contribution < -0.4 is 15.4 Å². The lowest BCUT2D eigenvalue weighted by atomic mass is 9.75. The summed E-state index contributed by atoms with van der Waals surface area (Å²) in [5, 5.41) is 7.06. The van der Waals surface area contributed by atoms with Crippen molar-refractivity contribution in [2.45, 2.75) is 77.0 Å². The van der Waals surface area contributed by atoms with Gasteiger partial charge in [-0.15, -0.1) is 0 Å². The predicted octanol–water partition coefficient (Wildman–Crippen LogP) is 5.01. The van der Waals surface area contributed by atoms with E-state index in [0.717, 1.165) is 11.1 Å². The molecule has 2 aromatic carbocycles. The maximum absolute atomic E-state index is 13.9. The van der Waals surface area contributed by atoms with E-state index in [0.29, 0.717) is 75.6 Å². The predicted molar refractivity (Wildman–Crippen MR) is 170 cm³/mol. The van der Waals surface area contributed by atoms with Gasteiger partial charge in [0.05, 0.1) is 5.41 Å². The minimum atomic E-state index is -1.09. The molecule has 5 rings (SSSR count). The molecule has 2 fully saturated rings. The summed E-state index contributed by atoms with van der Waals surface area (Å²) in [5.74, 6) is 0.234. The molecule has 3 aliphatic rings. The standard InChI is InChI=1S/C35H44ClN3O5/c1-24-21-27(12-13-28(24)36)44-34(2,3)33(42)39-18-14-29-26(23-39)11-7-8-15-35(16-19-43-20-17-35)32(41)38-30(31(40)37-29)22-25-9-5-4-6-10-25/h4-10,12-13,21,26,29-30H,11,14-20,22-23H2,1-3H3,(H,37,40)(H,38,41)/b8-7+/t26-,29+,30-/m1/s1. The molecule has 3 amide bonds. The van der Waals surface area contributed by atoms with Crippen LogP contribution in [0.5, 0.6) is 5.75 Å². The summed E-state index contributed by atoms with van der Waals surface area (Å²) >= 11 is 6.18. The number of nitrogens with zero attached hydrogens (tertiary/aromatic N) is 1. The maximum atomic E-state index is 13.9. The molecule has 44 heavy (non-hydrogen) atoms. The molecule has 3 aliphatic heterocycles. The molecule has 3 atom stereocenters. The lowest BCUT2D eigenvalue weighted by Crippen LogP contribution is -2.60. The molecule has 2 N–H and O–H groups in total. The van der Waals surface area contributed by atoms with Crippen LogP contribution in [0, 0.1) is 18.3 Å². The van der Waals surface area contributed by atoms with E-state index in [1.54, 1.807) is 26.0 Å². The molecule has 2 aromatic rings. The largest absolute Gasteiger partial charge is 0.478 e. The van der Waals surface area contributed by atoms with Gasteiger partial charge in [-0.3, -0.25) is 14.4 Å². The number of hydrogen-bond acceptors (Lipinski definition) is 5. The van der Waals surface area contributed by atoms with E-state index in [4.69, 9.17) is 21.1 Å². The highest BCUT2D eigenvalue weighted by atomic mass is 35.5. The van der Waals surface area contributed by atoms with Crippen LogP contribution in [0.15, 0.2) is 60.7 Å². The van der Waals surface area contributed by atoms with E-state index in [1.807, 2.05) is 48.2 Å². The van der Waals surface area contributed by atoms with E-state index in [1.165, 1.54) is 0 Å². The van der Waals surface area contributed by atoms with Gasteiger partial charge in [0.1, 0.15) is 11.8 Å². The zero-order valence-corrected chi connectivity index (χ0v) is 26.7. The van der Waals surface area contributed by atoms with Crippen molar-refractivity contribution in [3.8, 4) is 5.75 Å². The number of rotatable bonds is 5. The lowest BCUT2D eigenvalue weighted by molar-refractivity contribution is -0.148. The Bertz CT molecular complexity index is 1370. The van der Waals surface area contributed by atoms with Crippen molar-refractivity contribution in [3.63, 3.8) is 0 Å². The fourth-order valence-corrected chi connectivity index (χ4v) is 6.68. The number of allylic oxidation sites excluding steroid dienone is 2. The Morgan fingerprint density at radius 1 is 1.09 bits per heavy atom. The van der Waals surface area contributed by atoms with Crippen molar-refractivity contribution < 1.29 is 23.9 Å². The molecule has 236 valence electrons. The van der Waals surface area contributed by atoms with Gasteiger partial charge in [0.15, 0.2) is 5.60 Å². The number of fused-ring (bicyclic) bond motifs is 1. The van der Waals surface area contributed by atoms with Crippen LogP contribution in [0.3, 0.4) is 0 Å². The smallest absolute Gasteiger partial charge is 0.266 e. The van der Waals surface area contributed by atoms with Crippen molar-refractivity contribution in [1.82, 2.24) is 15.5 Å². The normalized spacial score (nSPS) is 25.1. The summed E-state index contributed by atoms with van der Waals surface area (Å²) in [4.78, 5) is 43.3. The zero-order valence-electron chi connectivity index (χ0n) is 25.9. The molecule has 3 heterocycles. The third-order valence-electron chi connectivity index (χ3n) is 9.32. The monoisotopic (exact) mass is 621 g/mol. The molecule has 0 unspecified atom stereocenters. The van der Waals surface area contributed by atoms with Gasteiger partial charge in [-0.25, -0.2) is 0 Å². The van der Waals surface area contributed by atoms with Gasteiger partial charge in [-0.1, -0.05) is 54.1 Å². The SMILES string of the molecule is Cc1cc(OC(C)(C)C(=O)N2CC[C@@H]3NC(=O)[C@@H](Cc4ccccc4)NC(=O)C4(C/C=C/C[C@@H]3C2)CCOCC4)ccc1Cl. The van der Waals surface area contributed by atoms with Gasteiger partial charge in [-0.2, -0.15) is 0 Å². The number of carbonyl (C=O) groups is 3. The summed E-state index contributed by atoms with van der Waals surface area (Å²) in [5.41, 5.74) is 0.167. The number of piperidine rings is 1. The summed E-state index contributed by atoms with van der Waals surface area (Å²) in [7, 11) is 0. The van der Waals surface area contributed by atoms with E-state index in [2.05, 4.69) is 22.8 Å². The maximum Gasteiger partial charge on any atom is 0.266 e. The zero-order chi connectivity index (χ0) is 31.3. The van der Waals surface area contributed by atoms with Crippen LogP contribution in [0.4, 0.5) is 0 Å². The Kier molecular flexibility index (Phi) is 10.0. The lowest BCUT2D eigenvalue weighted by Gasteiger charge is -2.42. The third-order valence-corrected chi connectivity index (χ3v) is 9.74. The van der Waals surface area contributed by atoms with Crippen LogP contribution in [-0.4, -0.2) is 66.6 Å². The van der Waals surface area contributed by atoms with Crippen molar-refractivity contribution >= 4 is 29.3 Å². The first-order valence-electron chi connectivity index (χ1n) is 15.7. The number of hydrogen-bond donors (Lipinski definition) is 2. The average molecular weight is 622 g/mol. The summed E-state index contributed by atoms with van der Waals surface area (Å²) in [6.45, 7) is 7.51. The number of likely N-dealkylation sites (tertiary alicyclic amines) is 1. The van der Waals surface area contributed by atoms with Crippen LogP contribution >= 0.6 is 11.6 Å². The second-order valence-corrected chi connectivity index (χ2v) is 13.4. The first kappa shape index (κ1) is 32.0. The molecule has 0 saturated carbocycles. The van der Waals surface area contributed by atoms with Crippen LogP contribution in [0.25, 0.3) is 0 Å². The summed E-state index contributed by atoms with van der Waals surface area (Å²) < 4.78 is 11.8. The highest BCUT2D eigenvalue weighted by Gasteiger charge is 2.43. The molecule has 0 bridgehead atoms. The minimum absolute atomic E-state index is 0.0135. The second-order valence-electron chi connectivity index (χ2n) is 13.0. The number of amides is 3. The van der Waals surface area contributed by atoms with Crippen molar-refractivity contribution in [2.24, 2.45) is 11.3 Å². The van der Waals surface area contributed by atoms with Gasteiger partial charge in [0.25, 0.3) is 5.91 Å². The fraction of sp³-hybridized carbons (Fsp3) is 0.514. The molecule has 2 saturated heterocycles. The molecule has 0 aliphatic carbocycles. The van der Waals surface area contributed by atoms with E-state index >= 15 is 0 Å². The Morgan fingerprint density at radius 2 is 1.84 bits per heavy atom. The molecule has 0 radical (unpaired) electrons. The first-order valence-corrected chi connectivity index (χ1v) is 16.1. The number of benzene rings is 2. The Labute approximate surface area is 265 Å². The third kappa shape index (κ3) is 7.46. The number of ether oxygens (including phenoxy) is 2. The van der Waals surface area contributed by atoms with Crippen LogP contribution in [0.2, 0.25) is 5.02 Å². The van der Waals surface area contributed by atoms with Crippen molar-refractivity contribution in [1.29, 1.82) is 0 Å². The summed E-state index contributed by atoms with van der Waals surface area (Å²) in [6.07, 6.45) is 7.72. The van der Waals surface area contributed by atoms with Gasteiger partial charge in [-0.05, 0) is 82.2 Å². The number of nitrogens with one attached hydrogen (secondary N) is 2. The highest BCUT2D eigenvalue weighted by molar-refractivity contribution is 6.31. The van der Waals surface area contributed by atoms with Gasteiger partial charge < -0.3 is 25.0 Å². The van der Waals surface area contributed by atoms with Crippen LogP contribution in [0.1, 0.15) is 57.1 Å². The Balaban J connectivity index is 1.35. The number of halogens is 1. The second kappa shape index (κ2) is 13.7. The van der Waals surface area contributed by atoms with Gasteiger partial charge in [0.2, 0.25) is 11.8 Å². The molecular formula is C35H44ClN3O5. The van der Waals surface area contributed by atoms with E-state index < -0.39 is 17.1 Å². The quantitative estimate of drug-likeness (QED) is 0.458. The molecule has 8 nitrogen and oxygen atoms in total. The van der Waals surface area contributed by atoms with E-state index in [9.17, 15) is 14.4 Å². The minimum Gasteiger partial charge on any atom is -0.478 e. The molecule has 0 aromatic heterocycles. The van der Waals surface area contributed by atoms with Gasteiger partial charge >= 0.3 is 0 Å².